The fourth-order valence-corrected chi connectivity index (χ4v) is 2.43. The average molecular weight is 301 g/mol. The van der Waals surface area contributed by atoms with Crippen LogP contribution in [0.3, 0.4) is 0 Å². The van der Waals surface area contributed by atoms with Gasteiger partial charge in [0.05, 0.1) is 12.1 Å². The summed E-state index contributed by atoms with van der Waals surface area (Å²) in [6.07, 6.45) is -0.126. The van der Waals surface area contributed by atoms with Crippen molar-refractivity contribution < 1.29 is 14.3 Å². The molecule has 0 amide bonds. The summed E-state index contributed by atoms with van der Waals surface area (Å²) < 4.78 is 13.5. The van der Waals surface area contributed by atoms with Crippen molar-refractivity contribution in [2.24, 2.45) is 0 Å². The molecule has 0 bridgehead atoms. The Morgan fingerprint density at radius 2 is 2.32 bits per heavy atom. The van der Waals surface area contributed by atoms with Crippen LogP contribution >= 0.6 is 22.9 Å². The van der Waals surface area contributed by atoms with E-state index in [9.17, 15) is 9.18 Å². The van der Waals surface area contributed by atoms with E-state index in [1.54, 1.807) is 11.4 Å². The summed E-state index contributed by atoms with van der Waals surface area (Å²) in [5, 5.41) is 14.1. The number of nitrogens with zero attached hydrogens (tertiary/aromatic N) is 1. The van der Waals surface area contributed by atoms with Gasteiger partial charge in [-0.05, 0) is 12.1 Å². The minimum Gasteiger partial charge on any atom is -0.481 e. The summed E-state index contributed by atoms with van der Waals surface area (Å²) in [6.45, 7) is 0.200. The first-order valence-corrected chi connectivity index (χ1v) is 6.65. The second-order valence-corrected chi connectivity index (χ2v) is 5.03. The molecule has 7 heteroatoms. The van der Waals surface area contributed by atoms with Crippen molar-refractivity contribution in [1.82, 2.24) is 4.98 Å². The highest BCUT2D eigenvalue weighted by molar-refractivity contribution is 7.13. The number of thiazole rings is 1. The molecule has 0 fully saturated rings. The molecule has 2 aromatic rings. The molecule has 0 atom stereocenters. The van der Waals surface area contributed by atoms with E-state index in [1.165, 1.54) is 23.5 Å². The zero-order valence-electron chi connectivity index (χ0n) is 9.69. The molecule has 1 heterocycles. The summed E-state index contributed by atoms with van der Waals surface area (Å²) in [6, 6.07) is 4.48. The number of nitrogens with one attached hydrogen (secondary N) is 1. The van der Waals surface area contributed by atoms with E-state index < -0.39 is 5.97 Å². The predicted octanol–water partition coefficient (Wildman–Crippen LogP) is 3.17. The minimum absolute atomic E-state index is 0.126. The molecule has 0 aliphatic rings. The monoisotopic (exact) mass is 300 g/mol. The van der Waals surface area contributed by atoms with Gasteiger partial charge in [0.25, 0.3) is 0 Å². The van der Waals surface area contributed by atoms with Crippen LogP contribution in [0.4, 0.5) is 9.52 Å². The van der Waals surface area contributed by atoms with E-state index in [0.29, 0.717) is 21.4 Å². The molecule has 0 saturated carbocycles. The Kier molecular flexibility index (Phi) is 4.34. The SMILES string of the molecule is O=C(O)Cc1csc(NCc2c(F)cccc2Cl)n1. The fourth-order valence-electron chi connectivity index (χ4n) is 1.49. The Labute approximate surface area is 117 Å². The predicted molar refractivity (Wildman–Crippen MR) is 72.2 cm³/mol. The van der Waals surface area contributed by atoms with Crippen molar-refractivity contribution in [3.63, 3.8) is 0 Å². The Morgan fingerprint density at radius 1 is 1.53 bits per heavy atom. The number of carbonyl (C=O) groups is 1. The van der Waals surface area contributed by atoms with E-state index in [1.807, 2.05) is 0 Å². The second-order valence-electron chi connectivity index (χ2n) is 3.77. The molecule has 0 saturated heterocycles. The Balaban J connectivity index is 2.02. The number of aliphatic carboxylic acids is 1. The largest absolute Gasteiger partial charge is 0.481 e. The molecule has 0 radical (unpaired) electrons. The number of carboxylic acid groups (broad SMARTS) is 1. The van der Waals surface area contributed by atoms with Crippen LogP contribution in [-0.2, 0) is 17.8 Å². The van der Waals surface area contributed by atoms with Crippen molar-refractivity contribution in [2.75, 3.05) is 5.32 Å². The molecule has 0 unspecified atom stereocenters. The maximum Gasteiger partial charge on any atom is 0.309 e. The van der Waals surface area contributed by atoms with E-state index >= 15 is 0 Å². The van der Waals surface area contributed by atoms with Gasteiger partial charge in [0, 0.05) is 22.5 Å². The first kappa shape index (κ1) is 13.8. The smallest absolute Gasteiger partial charge is 0.309 e. The molecule has 19 heavy (non-hydrogen) atoms. The topological polar surface area (TPSA) is 62.2 Å². The van der Waals surface area contributed by atoms with Crippen LogP contribution in [0.25, 0.3) is 0 Å². The van der Waals surface area contributed by atoms with Crippen LogP contribution < -0.4 is 5.32 Å². The molecule has 2 N–H and O–H groups in total. The molecule has 0 aliphatic heterocycles. The third-order valence-electron chi connectivity index (χ3n) is 2.36. The summed E-state index contributed by atoms with van der Waals surface area (Å²) in [5.41, 5.74) is 0.832. The summed E-state index contributed by atoms with van der Waals surface area (Å²) in [4.78, 5) is 14.6. The van der Waals surface area contributed by atoms with Crippen LogP contribution in [0.15, 0.2) is 23.6 Å². The highest BCUT2D eigenvalue weighted by Crippen LogP contribution is 2.22. The Morgan fingerprint density at radius 3 is 3.00 bits per heavy atom. The van der Waals surface area contributed by atoms with Gasteiger partial charge in [0.1, 0.15) is 5.82 Å². The molecule has 1 aromatic heterocycles. The summed E-state index contributed by atoms with van der Waals surface area (Å²) >= 11 is 7.17. The third kappa shape index (κ3) is 3.65. The van der Waals surface area contributed by atoms with Gasteiger partial charge in [-0.2, -0.15) is 0 Å². The summed E-state index contributed by atoms with van der Waals surface area (Å²) in [5.74, 6) is -1.32. The zero-order chi connectivity index (χ0) is 13.8. The third-order valence-corrected chi connectivity index (χ3v) is 3.57. The van der Waals surface area contributed by atoms with E-state index in [4.69, 9.17) is 16.7 Å². The van der Waals surface area contributed by atoms with Crippen LogP contribution in [-0.4, -0.2) is 16.1 Å². The van der Waals surface area contributed by atoms with Gasteiger partial charge in [-0.25, -0.2) is 9.37 Å². The standard InChI is InChI=1S/C12H10ClFN2O2S/c13-9-2-1-3-10(14)8(9)5-15-12-16-7(6-19-12)4-11(17)18/h1-3,6H,4-5H2,(H,15,16)(H,17,18). The van der Waals surface area contributed by atoms with Gasteiger partial charge in [-0.3, -0.25) is 4.79 Å². The Bertz CT molecular complexity index is 583. The van der Waals surface area contributed by atoms with Crippen molar-refractivity contribution in [3.8, 4) is 0 Å². The lowest BCUT2D eigenvalue weighted by atomic mass is 10.2. The molecule has 0 aliphatic carbocycles. The zero-order valence-corrected chi connectivity index (χ0v) is 11.3. The number of anilines is 1. The number of aromatic nitrogens is 1. The molecular formula is C12H10ClFN2O2S. The molecular weight excluding hydrogens is 291 g/mol. The van der Waals surface area contributed by atoms with Crippen molar-refractivity contribution in [1.29, 1.82) is 0 Å². The lowest BCUT2D eigenvalue weighted by Gasteiger charge is -2.06. The second kappa shape index (κ2) is 5.99. The van der Waals surface area contributed by atoms with Crippen LogP contribution in [0.1, 0.15) is 11.3 Å². The van der Waals surface area contributed by atoms with Crippen LogP contribution in [0, 0.1) is 5.82 Å². The summed E-state index contributed by atoms with van der Waals surface area (Å²) in [7, 11) is 0. The van der Waals surface area contributed by atoms with Gasteiger partial charge in [0.15, 0.2) is 5.13 Å². The van der Waals surface area contributed by atoms with Gasteiger partial charge in [0.2, 0.25) is 0 Å². The van der Waals surface area contributed by atoms with Crippen molar-refractivity contribution >= 4 is 34.0 Å². The van der Waals surface area contributed by atoms with Gasteiger partial charge in [-0.1, -0.05) is 17.7 Å². The van der Waals surface area contributed by atoms with Gasteiger partial charge < -0.3 is 10.4 Å². The molecule has 4 nitrogen and oxygen atoms in total. The Hall–Kier alpha value is -1.66. The van der Waals surface area contributed by atoms with Gasteiger partial charge >= 0.3 is 5.97 Å². The van der Waals surface area contributed by atoms with E-state index in [-0.39, 0.29) is 18.8 Å². The molecule has 100 valence electrons. The highest BCUT2D eigenvalue weighted by atomic mass is 35.5. The first-order chi connectivity index (χ1) is 9.06. The lowest BCUT2D eigenvalue weighted by Crippen LogP contribution is -2.03. The number of carboxylic acids is 1. The van der Waals surface area contributed by atoms with E-state index in [2.05, 4.69) is 10.3 Å². The highest BCUT2D eigenvalue weighted by Gasteiger charge is 2.09. The molecule has 1 aromatic carbocycles. The molecule has 2 rings (SSSR count). The van der Waals surface area contributed by atoms with E-state index in [0.717, 1.165) is 0 Å². The minimum atomic E-state index is -0.936. The lowest BCUT2D eigenvalue weighted by molar-refractivity contribution is -0.136. The normalized spacial score (nSPS) is 10.4. The number of hydrogen-bond acceptors (Lipinski definition) is 4. The fraction of sp³-hybridized carbons (Fsp3) is 0.167. The average Bonchev–Trinajstić information content (AvgIpc) is 2.75. The van der Waals surface area contributed by atoms with Gasteiger partial charge in [-0.15, -0.1) is 11.3 Å². The maximum absolute atomic E-state index is 13.5. The number of rotatable bonds is 5. The molecule has 0 spiro atoms. The number of benzene rings is 1. The first-order valence-electron chi connectivity index (χ1n) is 5.39. The maximum atomic E-state index is 13.5. The van der Waals surface area contributed by atoms with Crippen LogP contribution in [0.2, 0.25) is 5.02 Å². The van der Waals surface area contributed by atoms with Crippen molar-refractivity contribution in [2.45, 2.75) is 13.0 Å². The van der Waals surface area contributed by atoms with Crippen molar-refractivity contribution in [3.05, 3.63) is 45.7 Å². The quantitative estimate of drug-likeness (QED) is 0.890. The number of hydrogen-bond donors (Lipinski definition) is 2. The van der Waals surface area contributed by atoms with Crippen LogP contribution in [0.5, 0.6) is 0 Å². The number of halogens is 2.